The predicted octanol–water partition coefficient (Wildman–Crippen LogP) is 3.38. The van der Waals surface area contributed by atoms with Crippen LogP contribution in [0.2, 0.25) is 0 Å². The fourth-order valence-electron chi connectivity index (χ4n) is 3.71. The average Bonchev–Trinajstić information content (AvgIpc) is 3.17. The molecule has 0 aliphatic carbocycles. The zero-order valence-corrected chi connectivity index (χ0v) is 18.1. The molecule has 1 aliphatic heterocycles. The standard InChI is InChI=1S/C23H26N4O2S/c1-16(26-11-13-27(14-12-26)17(2)28)23(29)24-19-9-7-18(8-10-19)15-22-25-20-5-3-4-6-21(20)30-22/h3-10,16H,11-15H2,1-2H3,(H,24,29)/t16-/m1/s1. The number of aromatic nitrogens is 1. The van der Waals surface area contributed by atoms with Gasteiger partial charge in [-0.3, -0.25) is 14.5 Å². The van der Waals surface area contributed by atoms with Crippen molar-refractivity contribution in [3.05, 3.63) is 59.1 Å². The summed E-state index contributed by atoms with van der Waals surface area (Å²) < 4.78 is 1.20. The molecule has 4 rings (SSSR count). The Kier molecular flexibility index (Phi) is 6.11. The van der Waals surface area contributed by atoms with E-state index in [4.69, 9.17) is 0 Å². The lowest BCUT2D eigenvalue weighted by atomic mass is 10.1. The van der Waals surface area contributed by atoms with Crippen molar-refractivity contribution in [2.45, 2.75) is 26.3 Å². The van der Waals surface area contributed by atoms with Gasteiger partial charge in [0.1, 0.15) is 0 Å². The molecule has 2 aromatic carbocycles. The number of nitrogens with zero attached hydrogens (tertiary/aromatic N) is 3. The highest BCUT2D eigenvalue weighted by Gasteiger charge is 2.26. The van der Waals surface area contributed by atoms with Crippen LogP contribution < -0.4 is 5.32 Å². The molecule has 6 nitrogen and oxygen atoms in total. The Hall–Kier alpha value is -2.77. The first-order chi connectivity index (χ1) is 14.5. The van der Waals surface area contributed by atoms with Crippen molar-refractivity contribution in [2.75, 3.05) is 31.5 Å². The van der Waals surface area contributed by atoms with Gasteiger partial charge in [0.2, 0.25) is 11.8 Å². The van der Waals surface area contributed by atoms with Gasteiger partial charge in [0.25, 0.3) is 0 Å². The highest BCUT2D eigenvalue weighted by Crippen LogP contribution is 2.24. The summed E-state index contributed by atoms with van der Waals surface area (Å²) in [4.78, 5) is 32.8. The summed E-state index contributed by atoms with van der Waals surface area (Å²) in [6.07, 6.45) is 0.782. The van der Waals surface area contributed by atoms with E-state index >= 15 is 0 Å². The summed E-state index contributed by atoms with van der Waals surface area (Å²) in [5.41, 5.74) is 3.00. The molecule has 1 atom stereocenters. The number of amides is 2. The Labute approximate surface area is 180 Å². The van der Waals surface area contributed by atoms with Crippen LogP contribution in [0, 0.1) is 0 Å². The number of nitrogens with one attached hydrogen (secondary N) is 1. The van der Waals surface area contributed by atoms with Crippen LogP contribution in [0.4, 0.5) is 5.69 Å². The summed E-state index contributed by atoms with van der Waals surface area (Å²) in [6, 6.07) is 15.9. The lowest BCUT2D eigenvalue weighted by Gasteiger charge is -2.37. The second kappa shape index (κ2) is 8.93. The molecule has 156 valence electrons. The van der Waals surface area contributed by atoms with Crippen molar-refractivity contribution in [1.29, 1.82) is 0 Å². The monoisotopic (exact) mass is 422 g/mol. The second-order valence-corrected chi connectivity index (χ2v) is 8.77. The Balaban J connectivity index is 1.32. The van der Waals surface area contributed by atoms with E-state index < -0.39 is 0 Å². The molecule has 0 radical (unpaired) electrons. The molecule has 1 N–H and O–H groups in total. The number of benzene rings is 2. The fourth-order valence-corrected chi connectivity index (χ4v) is 4.71. The van der Waals surface area contributed by atoms with Crippen molar-refractivity contribution in [3.63, 3.8) is 0 Å². The summed E-state index contributed by atoms with van der Waals surface area (Å²) in [7, 11) is 0. The minimum Gasteiger partial charge on any atom is -0.340 e. The van der Waals surface area contributed by atoms with E-state index in [2.05, 4.69) is 21.3 Å². The number of hydrogen-bond acceptors (Lipinski definition) is 5. The maximum absolute atomic E-state index is 12.7. The Bertz CT molecular complexity index is 1010. The zero-order chi connectivity index (χ0) is 21.1. The highest BCUT2D eigenvalue weighted by molar-refractivity contribution is 7.18. The molecule has 1 saturated heterocycles. The topological polar surface area (TPSA) is 65.5 Å². The van der Waals surface area contributed by atoms with Gasteiger partial charge >= 0.3 is 0 Å². The molecule has 3 aromatic rings. The number of rotatable bonds is 5. The number of fused-ring (bicyclic) bond motifs is 1. The molecular formula is C23H26N4O2S. The van der Waals surface area contributed by atoms with Crippen LogP contribution in [0.1, 0.15) is 24.4 Å². The lowest BCUT2D eigenvalue weighted by molar-refractivity contribution is -0.131. The van der Waals surface area contributed by atoms with Gasteiger partial charge in [-0.15, -0.1) is 11.3 Å². The van der Waals surface area contributed by atoms with E-state index in [-0.39, 0.29) is 17.9 Å². The third kappa shape index (κ3) is 4.68. The molecule has 2 amide bonds. The minimum absolute atomic E-state index is 0.0230. The van der Waals surface area contributed by atoms with Crippen molar-refractivity contribution in [3.8, 4) is 0 Å². The molecule has 0 unspecified atom stereocenters. The summed E-state index contributed by atoms with van der Waals surface area (Å²) >= 11 is 1.72. The van der Waals surface area contributed by atoms with Crippen LogP contribution in [-0.2, 0) is 16.0 Å². The van der Waals surface area contributed by atoms with E-state index in [9.17, 15) is 9.59 Å². The normalized spacial score (nSPS) is 15.9. The van der Waals surface area contributed by atoms with Crippen LogP contribution in [0.5, 0.6) is 0 Å². The molecule has 0 saturated carbocycles. The van der Waals surface area contributed by atoms with Gasteiger partial charge in [0.15, 0.2) is 0 Å². The number of carbonyl (C=O) groups excluding carboxylic acids is 2. The van der Waals surface area contributed by atoms with Crippen LogP contribution in [0.3, 0.4) is 0 Å². The Morgan fingerprint density at radius 3 is 2.43 bits per heavy atom. The van der Waals surface area contributed by atoms with Gasteiger partial charge in [-0.1, -0.05) is 24.3 Å². The molecule has 0 bridgehead atoms. The average molecular weight is 423 g/mol. The van der Waals surface area contributed by atoms with Crippen LogP contribution in [0.25, 0.3) is 10.2 Å². The number of thiazole rings is 1. The van der Waals surface area contributed by atoms with E-state index in [0.717, 1.165) is 35.7 Å². The molecule has 30 heavy (non-hydrogen) atoms. The first-order valence-electron chi connectivity index (χ1n) is 10.2. The molecule has 2 heterocycles. The van der Waals surface area contributed by atoms with Crippen molar-refractivity contribution < 1.29 is 9.59 Å². The minimum atomic E-state index is -0.235. The molecule has 0 spiro atoms. The first kappa shape index (κ1) is 20.5. The van der Waals surface area contributed by atoms with Crippen molar-refractivity contribution in [2.24, 2.45) is 0 Å². The quantitative estimate of drug-likeness (QED) is 0.685. The van der Waals surface area contributed by atoms with Crippen LogP contribution in [-0.4, -0.2) is 58.8 Å². The van der Waals surface area contributed by atoms with Gasteiger partial charge < -0.3 is 10.2 Å². The maximum atomic E-state index is 12.7. The summed E-state index contributed by atoms with van der Waals surface area (Å²) in [5.74, 6) is 0.0721. The van der Waals surface area contributed by atoms with Gasteiger partial charge in [-0.05, 0) is 36.8 Å². The number of carbonyl (C=O) groups is 2. The van der Waals surface area contributed by atoms with Crippen LogP contribution >= 0.6 is 11.3 Å². The van der Waals surface area contributed by atoms with E-state index in [0.29, 0.717) is 13.1 Å². The van der Waals surface area contributed by atoms with E-state index in [1.807, 2.05) is 54.3 Å². The Morgan fingerprint density at radius 1 is 1.07 bits per heavy atom. The Morgan fingerprint density at radius 2 is 1.77 bits per heavy atom. The SMILES string of the molecule is CC(=O)N1CCN([C@H](C)C(=O)Nc2ccc(Cc3nc4ccccc4s3)cc2)CC1. The molecule has 1 aliphatic rings. The summed E-state index contributed by atoms with van der Waals surface area (Å²) in [6.45, 7) is 6.29. The van der Waals surface area contributed by atoms with Gasteiger partial charge in [-0.25, -0.2) is 4.98 Å². The largest absolute Gasteiger partial charge is 0.340 e. The predicted molar refractivity (Wildman–Crippen MR) is 121 cm³/mol. The number of para-hydroxylation sites is 1. The number of piperazine rings is 1. The molecular weight excluding hydrogens is 396 g/mol. The van der Waals surface area contributed by atoms with Crippen molar-refractivity contribution >= 4 is 39.1 Å². The first-order valence-corrected chi connectivity index (χ1v) is 11.0. The highest BCUT2D eigenvalue weighted by atomic mass is 32.1. The van der Waals surface area contributed by atoms with Crippen molar-refractivity contribution in [1.82, 2.24) is 14.8 Å². The van der Waals surface area contributed by atoms with E-state index in [1.165, 1.54) is 10.3 Å². The van der Waals surface area contributed by atoms with Gasteiger partial charge in [0, 0.05) is 45.2 Å². The number of hydrogen-bond donors (Lipinski definition) is 1. The van der Waals surface area contributed by atoms with Gasteiger partial charge in [-0.2, -0.15) is 0 Å². The lowest BCUT2D eigenvalue weighted by Crippen LogP contribution is -2.53. The third-order valence-corrected chi connectivity index (χ3v) is 6.64. The summed E-state index contributed by atoms with van der Waals surface area (Å²) in [5, 5.41) is 4.10. The molecule has 1 aromatic heterocycles. The second-order valence-electron chi connectivity index (χ2n) is 7.66. The fraction of sp³-hybridized carbons (Fsp3) is 0.348. The molecule has 1 fully saturated rings. The van der Waals surface area contributed by atoms with Gasteiger partial charge in [0.05, 0.1) is 21.3 Å². The number of anilines is 1. The van der Waals surface area contributed by atoms with E-state index in [1.54, 1.807) is 18.3 Å². The smallest absolute Gasteiger partial charge is 0.241 e. The third-order valence-electron chi connectivity index (χ3n) is 5.60. The molecule has 7 heteroatoms. The zero-order valence-electron chi connectivity index (χ0n) is 17.3. The van der Waals surface area contributed by atoms with Crippen LogP contribution in [0.15, 0.2) is 48.5 Å². The maximum Gasteiger partial charge on any atom is 0.241 e.